The zero-order valence-corrected chi connectivity index (χ0v) is 23.0. The number of hydrogen-bond donors (Lipinski definition) is 1. The molecule has 2 aromatic carbocycles. The van der Waals surface area contributed by atoms with Crippen LogP contribution in [0.3, 0.4) is 0 Å². The molecular weight excluding hydrogens is 721 g/mol. The number of carboxylic acid groups (broad SMARTS) is 1. The smallest absolute Gasteiger partial charge is 0.333 e. The Morgan fingerprint density at radius 3 is 2.47 bits per heavy atom. The van der Waals surface area contributed by atoms with Gasteiger partial charge in [0.15, 0.2) is 6.10 Å². The van der Waals surface area contributed by atoms with Crippen molar-refractivity contribution >= 4 is 73.7 Å². The summed E-state index contributed by atoms with van der Waals surface area (Å²) < 4.78 is 14.4. The van der Waals surface area contributed by atoms with Gasteiger partial charge in [-0.2, -0.15) is 0 Å². The lowest BCUT2D eigenvalue weighted by Gasteiger charge is -2.13. The number of carbonyl (C=O) groups is 1. The van der Waals surface area contributed by atoms with Crippen LogP contribution < -0.4 is 4.74 Å². The highest BCUT2D eigenvalue weighted by molar-refractivity contribution is 14.1. The highest BCUT2D eigenvalue weighted by atomic mass is 127. The Kier molecular flexibility index (Phi) is 10.9. The van der Waals surface area contributed by atoms with Gasteiger partial charge >= 0.3 is 5.97 Å². The first-order valence-corrected chi connectivity index (χ1v) is 12.4. The molecule has 158 valence electrons. The number of rotatable bonds is 8. The highest BCUT2D eigenvalue weighted by Crippen LogP contribution is 2.23. The lowest BCUT2D eigenvalue weighted by molar-refractivity contribution is -0.149. The largest absolute Gasteiger partial charge is 0.488 e. The Balaban J connectivity index is 1.97. The van der Waals surface area contributed by atoms with Crippen LogP contribution in [-0.4, -0.2) is 30.4 Å². The number of hydrogen-bond acceptors (Lipinski definition) is 3. The van der Waals surface area contributed by atoms with E-state index in [0.29, 0.717) is 19.6 Å². The molecule has 0 heterocycles. The molecule has 0 spiro atoms. The van der Waals surface area contributed by atoms with Gasteiger partial charge in [0.1, 0.15) is 12.4 Å². The van der Waals surface area contributed by atoms with E-state index in [2.05, 4.69) is 97.8 Å². The molecule has 0 aliphatic heterocycles. The Bertz CT molecular complexity index is 969. The lowest BCUT2D eigenvalue weighted by Crippen LogP contribution is -2.26. The van der Waals surface area contributed by atoms with Gasteiger partial charge in [0.05, 0.1) is 3.57 Å². The second-order valence-electron chi connectivity index (χ2n) is 6.36. The van der Waals surface area contributed by atoms with E-state index in [-0.39, 0.29) is 0 Å². The fraction of sp³-hybridized carbons (Fsp3) is 0.261. The molecule has 0 unspecified atom stereocenters. The minimum atomic E-state index is -0.950. The van der Waals surface area contributed by atoms with Gasteiger partial charge in [0, 0.05) is 25.7 Å². The zero-order chi connectivity index (χ0) is 22.1. The third-order valence-electron chi connectivity index (χ3n) is 3.96. The molecule has 0 aliphatic carbocycles. The molecule has 0 saturated carbocycles. The normalized spacial score (nSPS) is 12.1. The standard InChI is InChI=1S/C23H21I3O4/c1-3-29-22(23(27)28)13-17-6-7-21(20(26)12-17)30-9-8-15(2)4-5-16-10-18(24)14-19(25)11-16/h6-8,10-12,14,22H,3,9,13H2,1-2H3,(H,27,28)/t22-/m0/s1. The molecule has 2 rings (SSSR count). The number of allylic oxidation sites excluding steroid dienone is 1. The average molecular weight is 742 g/mol. The summed E-state index contributed by atoms with van der Waals surface area (Å²) in [4.78, 5) is 11.3. The summed E-state index contributed by atoms with van der Waals surface area (Å²) in [6.45, 7) is 4.53. The summed E-state index contributed by atoms with van der Waals surface area (Å²) >= 11 is 6.78. The number of halogens is 3. The third-order valence-corrected chi connectivity index (χ3v) is 6.04. The molecule has 0 saturated heterocycles. The van der Waals surface area contributed by atoms with Crippen LogP contribution in [0.15, 0.2) is 48.0 Å². The maximum absolute atomic E-state index is 11.3. The van der Waals surface area contributed by atoms with Gasteiger partial charge in [-0.3, -0.25) is 0 Å². The molecule has 0 aromatic heterocycles. The SMILES string of the molecule is CCO[C@@H](Cc1ccc(OCC=C(C)C#Cc2cc(I)cc(I)c2)c(I)c1)C(=O)O. The Morgan fingerprint density at radius 2 is 1.87 bits per heavy atom. The van der Waals surface area contributed by atoms with Gasteiger partial charge in [0.25, 0.3) is 0 Å². The molecular formula is C23H21I3O4. The van der Waals surface area contributed by atoms with Crippen molar-refractivity contribution in [3.63, 3.8) is 0 Å². The third kappa shape index (κ3) is 8.72. The molecule has 7 heteroatoms. The van der Waals surface area contributed by atoms with Crippen molar-refractivity contribution in [3.8, 4) is 17.6 Å². The van der Waals surface area contributed by atoms with Crippen LogP contribution in [0, 0.1) is 22.6 Å². The van der Waals surface area contributed by atoms with Crippen LogP contribution in [0.25, 0.3) is 0 Å². The highest BCUT2D eigenvalue weighted by Gasteiger charge is 2.18. The Morgan fingerprint density at radius 1 is 1.17 bits per heavy atom. The van der Waals surface area contributed by atoms with Crippen molar-refractivity contribution in [1.82, 2.24) is 0 Å². The summed E-state index contributed by atoms with van der Waals surface area (Å²) in [5, 5.41) is 9.23. The van der Waals surface area contributed by atoms with Crippen molar-refractivity contribution in [2.75, 3.05) is 13.2 Å². The van der Waals surface area contributed by atoms with E-state index < -0.39 is 12.1 Å². The van der Waals surface area contributed by atoms with Gasteiger partial charge in [-0.25, -0.2) is 4.79 Å². The molecule has 30 heavy (non-hydrogen) atoms. The van der Waals surface area contributed by atoms with E-state index >= 15 is 0 Å². The lowest BCUT2D eigenvalue weighted by atomic mass is 10.1. The summed E-state index contributed by atoms with van der Waals surface area (Å²) in [6, 6.07) is 11.9. The van der Waals surface area contributed by atoms with Crippen molar-refractivity contribution in [2.24, 2.45) is 0 Å². The van der Waals surface area contributed by atoms with E-state index in [1.54, 1.807) is 6.92 Å². The predicted octanol–water partition coefficient (Wildman–Crippen LogP) is 5.91. The number of carboxylic acids is 1. The van der Waals surface area contributed by atoms with Gasteiger partial charge in [-0.15, -0.1) is 0 Å². The molecule has 0 radical (unpaired) electrons. The Labute approximate surface area is 218 Å². The van der Waals surface area contributed by atoms with E-state index in [9.17, 15) is 9.90 Å². The minimum Gasteiger partial charge on any atom is -0.488 e. The predicted molar refractivity (Wildman–Crippen MR) is 144 cm³/mol. The first kappa shape index (κ1) is 25.4. The fourth-order valence-electron chi connectivity index (χ4n) is 2.53. The number of ether oxygens (including phenoxy) is 2. The quantitative estimate of drug-likeness (QED) is 0.270. The van der Waals surface area contributed by atoms with Crippen LogP contribution in [-0.2, 0) is 16.0 Å². The maximum atomic E-state index is 11.3. The number of aliphatic carboxylic acids is 1. The van der Waals surface area contributed by atoms with Crippen LogP contribution in [0.5, 0.6) is 5.75 Å². The van der Waals surface area contributed by atoms with Gasteiger partial charge < -0.3 is 14.6 Å². The topological polar surface area (TPSA) is 55.8 Å². The van der Waals surface area contributed by atoms with Crippen LogP contribution >= 0.6 is 67.8 Å². The van der Waals surface area contributed by atoms with Gasteiger partial charge in [-0.05, 0) is 129 Å². The molecule has 4 nitrogen and oxygen atoms in total. The van der Waals surface area contributed by atoms with Crippen LogP contribution in [0.2, 0.25) is 0 Å². The second-order valence-corrected chi connectivity index (χ2v) is 10.0. The molecule has 0 bridgehead atoms. The average Bonchev–Trinajstić information content (AvgIpc) is 2.67. The second kappa shape index (κ2) is 12.9. The molecule has 1 N–H and O–H groups in total. The molecule has 0 amide bonds. The summed E-state index contributed by atoms with van der Waals surface area (Å²) in [5.74, 6) is 6.15. The van der Waals surface area contributed by atoms with Crippen molar-refractivity contribution in [2.45, 2.75) is 26.4 Å². The van der Waals surface area contributed by atoms with Crippen molar-refractivity contribution in [3.05, 3.63) is 69.9 Å². The summed E-state index contributed by atoms with van der Waals surface area (Å²) in [7, 11) is 0. The van der Waals surface area contributed by atoms with Crippen LogP contribution in [0.4, 0.5) is 0 Å². The van der Waals surface area contributed by atoms with Crippen molar-refractivity contribution in [1.29, 1.82) is 0 Å². The van der Waals surface area contributed by atoms with E-state index in [1.807, 2.05) is 31.2 Å². The van der Waals surface area contributed by atoms with Gasteiger partial charge in [0.2, 0.25) is 0 Å². The van der Waals surface area contributed by atoms with E-state index in [1.165, 1.54) is 7.14 Å². The molecule has 1 atom stereocenters. The first-order chi connectivity index (χ1) is 14.3. The first-order valence-electron chi connectivity index (χ1n) is 9.19. The molecule has 0 fully saturated rings. The molecule has 0 aliphatic rings. The fourth-order valence-corrected chi connectivity index (χ4v) is 5.20. The van der Waals surface area contributed by atoms with E-state index in [4.69, 9.17) is 9.47 Å². The summed E-state index contributed by atoms with van der Waals surface area (Å²) in [5.41, 5.74) is 2.84. The zero-order valence-electron chi connectivity index (χ0n) is 16.5. The van der Waals surface area contributed by atoms with Crippen LogP contribution in [0.1, 0.15) is 25.0 Å². The monoisotopic (exact) mass is 742 g/mol. The maximum Gasteiger partial charge on any atom is 0.333 e. The molecule has 2 aromatic rings. The van der Waals surface area contributed by atoms with E-state index in [0.717, 1.165) is 26.0 Å². The van der Waals surface area contributed by atoms with Crippen molar-refractivity contribution < 1.29 is 19.4 Å². The number of benzene rings is 2. The van der Waals surface area contributed by atoms with Gasteiger partial charge in [-0.1, -0.05) is 17.9 Å². The Hall–Kier alpha value is -0.840. The minimum absolute atomic E-state index is 0.325. The summed E-state index contributed by atoms with van der Waals surface area (Å²) in [6.07, 6.45) is 1.44.